The van der Waals surface area contributed by atoms with E-state index >= 15 is 0 Å². The lowest BCUT2D eigenvalue weighted by molar-refractivity contribution is 0.248. The number of thioether (sulfide) groups is 1. The first-order chi connectivity index (χ1) is 18.2. The molecule has 0 aliphatic carbocycles. The van der Waals surface area contributed by atoms with Crippen LogP contribution in [-0.4, -0.2) is 52.0 Å². The normalized spacial score (nSPS) is 17.8. The van der Waals surface area contributed by atoms with Gasteiger partial charge >= 0.3 is 5.69 Å². The lowest BCUT2D eigenvalue weighted by Gasteiger charge is -2.36. The number of nitrogens with zero attached hydrogens (tertiary/aromatic N) is 5. The van der Waals surface area contributed by atoms with Gasteiger partial charge in [0.15, 0.2) is 0 Å². The molecule has 0 N–H and O–H groups in total. The number of aromatic nitrogens is 3. The summed E-state index contributed by atoms with van der Waals surface area (Å²) < 4.78 is 3.50. The topological polar surface area (TPSA) is 46.3 Å². The highest BCUT2D eigenvalue weighted by Crippen LogP contribution is 2.42. The van der Waals surface area contributed by atoms with Gasteiger partial charge in [-0.15, -0.1) is 11.8 Å². The molecule has 3 heterocycles. The molecule has 0 spiro atoms. The average Bonchev–Trinajstić information content (AvgIpc) is 3.13. The fourth-order valence-corrected chi connectivity index (χ4v) is 6.73. The third kappa shape index (κ3) is 5.21. The first-order valence-corrected chi connectivity index (χ1v) is 14.1. The molecule has 37 heavy (non-hydrogen) atoms. The predicted molar refractivity (Wildman–Crippen MR) is 151 cm³/mol. The zero-order valence-corrected chi connectivity index (χ0v) is 22.2. The van der Waals surface area contributed by atoms with Gasteiger partial charge in [-0.25, -0.2) is 14.0 Å². The smallest absolute Gasteiger partial charge is 0.350 e. The van der Waals surface area contributed by atoms with Crippen LogP contribution in [0.2, 0.25) is 5.02 Å². The summed E-state index contributed by atoms with van der Waals surface area (Å²) in [6, 6.07) is 26.8. The molecule has 8 heteroatoms. The minimum atomic E-state index is -0.0393. The first kappa shape index (κ1) is 24.3. The Balaban J connectivity index is 1.14. The van der Waals surface area contributed by atoms with Crippen LogP contribution in [-0.2, 0) is 13.0 Å². The van der Waals surface area contributed by atoms with Crippen molar-refractivity contribution in [2.45, 2.75) is 29.5 Å². The number of hydrogen-bond acceptors (Lipinski definition) is 5. The Bertz CT molecular complexity index is 1430. The van der Waals surface area contributed by atoms with Crippen molar-refractivity contribution in [2.24, 2.45) is 0 Å². The van der Waals surface area contributed by atoms with E-state index in [4.69, 9.17) is 16.7 Å². The average molecular weight is 532 g/mol. The van der Waals surface area contributed by atoms with Gasteiger partial charge in [0.2, 0.25) is 0 Å². The molecule has 1 unspecified atom stereocenters. The second-order valence-electron chi connectivity index (χ2n) is 9.61. The van der Waals surface area contributed by atoms with E-state index in [1.54, 1.807) is 4.68 Å². The quantitative estimate of drug-likeness (QED) is 0.338. The number of para-hydroxylation sites is 1. The van der Waals surface area contributed by atoms with E-state index in [1.165, 1.54) is 11.3 Å². The Morgan fingerprint density at radius 3 is 2.49 bits per heavy atom. The van der Waals surface area contributed by atoms with Gasteiger partial charge in [-0.05, 0) is 42.3 Å². The van der Waals surface area contributed by atoms with Crippen LogP contribution in [0.3, 0.4) is 0 Å². The van der Waals surface area contributed by atoms with Gasteiger partial charge in [-0.3, -0.25) is 4.90 Å². The molecular formula is C29H30ClN5OS. The maximum Gasteiger partial charge on any atom is 0.350 e. The molecule has 0 saturated carbocycles. The standard InChI is InChI=1S/C29H30ClN5OS/c30-23-10-6-11-24(20-23)33-18-16-32(17-19-33)14-7-15-34-29(36)35-25-12-4-5-13-26(25)37-27(21-28(35)31-34)22-8-2-1-3-9-22/h1-6,8-13,20,27H,7,14-19,21H2. The summed E-state index contributed by atoms with van der Waals surface area (Å²) in [5.74, 6) is 0.839. The summed E-state index contributed by atoms with van der Waals surface area (Å²) in [6.45, 7) is 5.55. The highest BCUT2D eigenvalue weighted by molar-refractivity contribution is 7.99. The minimum Gasteiger partial charge on any atom is -0.369 e. The SMILES string of the molecule is O=c1n(CCCN2CCN(c3cccc(Cl)c3)CC2)nc2n1-c1ccccc1SC(c1ccccc1)C2. The summed E-state index contributed by atoms with van der Waals surface area (Å²) in [5.41, 5.74) is 3.34. The number of aryl methyl sites for hydroxylation is 1. The number of rotatable bonds is 6. The Morgan fingerprint density at radius 1 is 0.892 bits per heavy atom. The van der Waals surface area contributed by atoms with E-state index in [1.807, 2.05) is 58.8 Å². The van der Waals surface area contributed by atoms with E-state index in [-0.39, 0.29) is 10.9 Å². The number of benzene rings is 3. The maximum atomic E-state index is 13.5. The fourth-order valence-electron chi connectivity index (χ4n) is 5.27. The summed E-state index contributed by atoms with van der Waals surface area (Å²) in [4.78, 5) is 19.5. The van der Waals surface area contributed by atoms with Crippen molar-refractivity contribution in [3.63, 3.8) is 0 Å². The van der Waals surface area contributed by atoms with Gasteiger partial charge in [-0.2, -0.15) is 5.10 Å². The van der Waals surface area contributed by atoms with Crippen LogP contribution >= 0.6 is 23.4 Å². The maximum absolute atomic E-state index is 13.5. The fraction of sp³-hybridized carbons (Fsp3) is 0.310. The molecule has 190 valence electrons. The summed E-state index contributed by atoms with van der Waals surface area (Å²) in [5, 5.41) is 5.84. The lowest BCUT2D eigenvalue weighted by Crippen LogP contribution is -2.46. The van der Waals surface area contributed by atoms with E-state index in [9.17, 15) is 4.79 Å². The molecule has 0 amide bonds. The van der Waals surface area contributed by atoms with E-state index in [0.29, 0.717) is 6.54 Å². The number of halogens is 1. The first-order valence-electron chi connectivity index (χ1n) is 12.9. The van der Waals surface area contributed by atoms with Crippen molar-refractivity contribution >= 4 is 29.1 Å². The van der Waals surface area contributed by atoms with Crippen LogP contribution < -0.4 is 10.6 Å². The Kier molecular flexibility index (Phi) is 7.09. The Hall–Kier alpha value is -3.00. The molecule has 6 nitrogen and oxygen atoms in total. The van der Waals surface area contributed by atoms with E-state index < -0.39 is 0 Å². The molecular weight excluding hydrogens is 502 g/mol. The van der Waals surface area contributed by atoms with E-state index in [0.717, 1.165) is 67.0 Å². The Morgan fingerprint density at radius 2 is 1.68 bits per heavy atom. The van der Waals surface area contributed by atoms with Crippen LogP contribution in [0.4, 0.5) is 5.69 Å². The van der Waals surface area contributed by atoms with E-state index in [2.05, 4.69) is 46.2 Å². The van der Waals surface area contributed by atoms with Crippen molar-refractivity contribution in [2.75, 3.05) is 37.6 Å². The molecule has 0 bridgehead atoms. The molecule has 2 aliphatic rings. The number of fused-ring (bicyclic) bond motifs is 3. The lowest BCUT2D eigenvalue weighted by atomic mass is 10.1. The van der Waals surface area contributed by atoms with Crippen LogP contribution in [0.15, 0.2) is 88.6 Å². The largest absolute Gasteiger partial charge is 0.369 e. The third-order valence-corrected chi connectivity index (χ3v) is 8.77. The van der Waals surface area contributed by atoms with Gasteiger partial charge in [0, 0.05) is 66.5 Å². The molecule has 0 radical (unpaired) electrons. The van der Waals surface area contributed by atoms with Crippen LogP contribution in [0.25, 0.3) is 5.69 Å². The van der Waals surface area contributed by atoms with Gasteiger partial charge in [0.05, 0.1) is 5.69 Å². The molecule has 6 rings (SSSR count). The molecule has 4 aromatic rings. The van der Waals surface area contributed by atoms with Crippen LogP contribution in [0.5, 0.6) is 0 Å². The van der Waals surface area contributed by atoms with Gasteiger partial charge in [0.25, 0.3) is 0 Å². The van der Waals surface area contributed by atoms with Crippen molar-refractivity contribution in [3.8, 4) is 5.69 Å². The summed E-state index contributed by atoms with van der Waals surface area (Å²) in [6.07, 6.45) is 1.61. The molecule has 2 aliphatic heterocycles. The number of piperazine rings is 1. The van der Waals surface area contributed by atoms with Crippen molar-refractivity contribution in [1.29, 1.82) is 0 Å². The highest BCUT2D eigenvalue weighted by Gasteiger charge is 2.27. The van der Waals surface area contributed by atoms with Gasteiger partial charge in [0.1, 0.15) is 5.82 Å². The zero-order chi connectivity index (χ0) is 25.2. The molecule has 3 aromatic carbocycles. The molecule has 1 atom stereocenters. The number of hydrogen-bond donors (Lipinski definition) is 0. The van der Waals surface area contributed by atoms with Crippen molar-refractivity contribution in [3.05, 3.63) is 106 Å². The van der Waals surface area contributed by atoms with Crippen molar-refractivity contribution < 1.29 is 0 Å². The molecule has 1 aromatic heterocycles. The zero-order valence-electron chi connectivity index (χ0n) is 20.7. The predicted octanol–water partition coefficient (Wildman–Crippen LogP) is 5.29. The van der Waals surface area contributed by atoms with Crippen molar-refractivity contribution in [1.82, 2.24) is 19.2 Å². The second-order valence-corrected chi connectivity index (χ2v) is 11.3. The Labute approximate surface area is 226 Å². The van der Waals surface area contributed by atoms with Crippen LogP contribution in [0.1, 0.15) is 23.1 Å². The summed E-state index contributed by atoms with van der Waals surface area (Å²) in [7, 11) is 0. The summed E-state index contributed by atoms with van der Waals surface area (Å²) >= 11 is 7.99. The van der Waals surface area contributed by atoms with Gasteiger partial charge < -0.3 is 4.90 Å². The van der Waals surface area contributed by atoms with Crippen LogP contribution in [0, 0.1) is 0 Å². The minimum absolute atomic E-state index is 0.0393. The monoisotopic (exact) mass is 531 g/mol. The highest BCUT2D eigenvalue weighted by atomic mass is 35.5. The number of anilines is 1. The molecule has 1 saturated heterocycles. The second kappa shape index (κ2) is 10.8. The molecule has 1 fully saturated rings. The third-order valence-electron chi connectivity index (χ3n) is 7.21. The van der Waals surface area contributed by atoms with Gasteiger partial charge in [-0.1, -0.05) is 60.1 Å².